The van der Waals surface area contributed by atoms with Crippen molar-refractivity contribution in [2.45, 2.75) is 76.8 Å². The van der Waals surface area contributed by atoms with Crippen molar-refractivity contribution in [3.8, 4) is 0 Å². The second-order valence-electron chi connectivity index (χ2n) is 10.5. The highest BCUT2D eigenvalue weighted by Crippen LogP contribution is 2.75. The van der Waals surface area contributed by atoms with Gasteiger partial charge in [0.25, 0.3) is 5.34 Å². The Labute approximate surface area is 215 Å². The second-order valence-corrected chi connectivity index (χ2v) is 12.7. The van der Waals surface area contributed by atoms with Crippen LogP contribution in [-0.4, -0.2) is 30.6 Å². The first-order valence-corrected chi connectivity index (χ1v) is 14.6. The summed E-state index contributed by atoms with van der Waals surface area (Å²) in [6.07, 6.45) is 1.65. The third-order valence-electron chi connectivity index (χ3n) is 7.75. The molecule has 0 radical (unpaired) electrons. The largest absolute Gasteiger partial charge is 0.459 e. The minimum atomic E-state index is -3.99. The van der Waals surface area contributed by atoms with Crippen LogP contribution in [0, 0.1) is 11.8 Å². The van der Waals surface area contributed by atoms with Crippen molar-refractivity contribution in [2.24, 2.45) is 11.8 Å². The van der Waals surface area contributed by atoms with Crippen molar-refractivity contribution in [1.29, 1.82) is 0 Å². The summed E-state index contributed by atoms with van der Waals surface area (Å²) in [7, 11) is -3.99. The Balaban J connectivity index is 1.67. The first-order chi connectivity index (χ1) is 17.2. The van der Waals surface area contributed by atoms with E-state index in [-0.39, 0.29) is 30.7 Å². The van der Waals surface area contributed by atoms with E-state index in [9.17, 15) is 9.36 Å². The van der Waals surface area contributed by atoms with Crippen molar-refractivity contribution in [2.75, 3.05) is 13.2 Å². The van der Waals surface area contributed by atoms with Gasteiger partial charge in [-0.3, -0.25) is 4.57 Å². The van der Waals surface area contributed by atoms with E-state index in [1.165, 1.54) is 5.56 Å². The maximum atomic E-state index is 14.1. The van der Waals surface area contributed by atoms with Gasteiger partial charge < -0.3 is 18.5 Å². The van der Waals surface area contributed by atoms with Gasteiger partial charge in [-0.15, -0.1) is 0 Å². The Kier molecular flexibility index (Phi) is 8.11. The van der Waals surface area contributed by atoms with Gasteiger partial charge in [0, 0.05) is 5.92 Å². The van der Waals surface area contributed by atoms with E-state index < -0.39 is 25.0 Å². The molecule has 0 bridgehead atoms. The molecule has 5 atom stereocenters. The van der Waals surface area contributed by atoms with Crippen molar-refractivity contribution in [3.63, 3.8) is 0 Å². The predicted octanol–water partition coefficient (Wildman–Crippen LogP) is 7.05. The molecule has 2 fully saturated rings. The molecule has 1 saturated heterocycles. The summed E-state index contributed by atoms with van der Waals surface area (Å²) < 4.78 is 37.7. The Morgan fingerprint density at radius 1 is 1.00 bits per heavy atom. The van der Waals surface area contributed by atoms with Crippen molar-refractivity contribution < 1.29 is 27.9 Å². The topological polar surface area (TPSA) is 74.4 Å². The number of hydrogen-bond donors (Lipinski definition) is 0. The molecule has 0 unspecified atom stereocenters. The number of ether oxygens (including phenoxy) is 2. The number of carbonyl (C=O) groups excluding carboxylic acids is 1. The fraction of sp³-hybridized carbons (Fsp3) is 0.552. The SMILES string of the molecule is CCOP(=O)(OCC)[C@]1(C(=O)O[C@@H]2C[C@H](C)CC[C@H]2C(C)(C)c2ccccc2)O[C@@H]1c1ccccc1. The van der Waals surface area contributed by atoms with Crippen LogP contribution < -0.4 is 0 Å². The number of hydrogen-bond acceptors (Lipinski definition) is 6. The number of carbonyl (C=O) groups is 1. The molecule has 6 nitrogen and oxygen atoms in total. The van der Waals surface area contributed by atoms with Crippen LogP contribution in [0.3, 0.4) is 0 Å². The molecule has 36 heavy (non-hydrogen) atoms. The van der Waals surface area contributed by atoms with E-state index in [4.69, 9.17) is 18.5 Å². The molecule has 1 aliphatic carbocycles. The van der Waals surface area contributed by atoms with Gasteiger partial charge in [0.2, 0.25) is 0 Å². The molecular formula is C29H39O6P. The van der Waals surface area contributed by atoms with Crippen molar-refractivity contribution in [3.05, 3.63) is 71.8 Å². The van der Waals surface area contributed by atoms with Crippen LogP contribution in [0.1, 0.15) is 71.1 Å². The Bertz CT molecular complexity index is 1060. The third kappa shape index (κ3) is 4.93. The summed E-state index contributed by atoms with van der Waals surface area (Å²) in [5, 5.41) is -1.80. The molecule has 0 aromatic heterocycles. The summed E-state index contributed by atoms with van der Waals surface area (Å²) >= 11 is 0. The van der Waals surface area contributed by atoms with E-state index in [2.05, 4.69) is 32.9 Å². The molecule has 2 aromatic rings. The smallest absolute Gasteiger partial charge is 0.377 e. The molecule has 1 aliphatic heterocycles. The van der Waals surface area contributed by atoms with Gasteiger partial charge in [-0.05, 0) is 49.1 Å². The van der Waals surface area contributed by atoms with E-state index in [0.29, 0.717) is 5.92 Å². The lowest BCUT2D eigenvalue weighted by molar-refractivity contribution is -0.160. The molecule has 1 heterocycles. The highest BCUT2D eigenvalue weighted by atomic mass is 31.2. The first kappa shape index (κ1) is 27.1. The molecule has 0 N–H and O–H groups in total. The van der Waals surface area contributed by atoms with Crippen LogP contribution >= 0.6 is 7.60 Å². The van der Waals surface area contributed by atoms with Gasteiger partial charge >= 0.3 is 13.6 Å². The molecule has 7 heteroatoms. The van der Waals surface area contributed by atoms with Gasteiger partial charge in [0.05, 0.1) is 13.2 Å². The lowest BCUT2D eigenvalue weighted by Crippen LogP contribution is -2.45. The summed E-state index contributed by atoms with van der Waals surface area (Å²) in [5.74, 6) is -0.142. The van der Waals surface area contributed by atoms with Gasteiger partial charge in [-0.2, -0.15) is 0 Å². The average molecular weight is 515 g/mol. The Hall–Kier alpha value is -1.98. The average Bonchev–Trinajstić information content (AvgIpc) is 3.63. The molecule has 0 amide bonds. The predicted molar refractivity (Wildman–Crippen MR) is 140 cm³/mol. The van der Waals surface area contributed by atoms with Gasteiger partial charge in [-0.25, -0.2) is 4.79 Å². The first-order valence-electron chi connectivity index (χ1n) is 13.1. The van der Waals surface area contributed by atoms with E-state index in [0.717, 1.165) is 24.8 Å². The third-order valence-corrected chi connectivity index (χ3v) is 10.3. The summed E-state index contributed by atoms with van der Waals surface area (Å²) in [4.78, 5) is 14.0. The quantitative estimate of drug-likeness (QED) is 0.192. The van der Waals surface area contributed by atoms with E-state index in [1.807, 2.05) is 48.5 Å². The summed E-state index contributed by atoms with van der Waals surface area (Å²) in [6, 6.07) is 19.7. The number of epoxide rings is 1. The fourth-order valence-electron chi connectivity index (χ4n) is 5.70. The molecular weight excluding hydrogens is 475 g/mol. The van der Waals surface area contributed by atoms with Gasteiger partial charge in [0.15, 0.2) is 0 Å². The number of rotatable bonds is 10. The highest BCUT2D eigenvalue weighted by Gasteiger charge is 2.78. The van der Waals surface area contributed by atoms with Crippen LogP contribution in [0.15, 0.2) is 60.7 Å². The zero-order valence-electron chi connectivity index (χ0n) is 22.0. The van der Waals surface area contributed by atoms with E-state index in [1.54, 1.807) is 13.8 Å². The Morgan fingerprint density at radius 3 is 2.17 bits per heavy atom. The van der Waals surface area contributed by atoms with Crippen molar-refractivity contribution in [1.82, 2.24) is 0 Å². The minimum absolute atomic E-state index is 0.101. The standard InChI is InChI=1S/C29H39O6P/c1-6-32-36(31,33-7-2)29(26(35-29)22-14-10-8-11-15-22)27(30)34-25-20-21(3)18-19-24(25)28(4,5)23-16-12-9-13-17-23/h8-17,21,24-26H,6-7,18-20H2,1-5H3/t21-,24-,25-,26-,29-/m1/s1. The molecule has 0 spiro atoms. The fourth-order valence-corrected chi connectivity index (χ4v) is 7.78. The maximum Gasteiger partial charge on any atom is 0.377 e. The zero-order chi connectivity index (χ0) is 26.0. The minimum Gasteiger partial charge on any atom is -0.459 e. The highest BCUT2D eigenvalue weighted by molar-refractivity contribution is 7.57. The Morgan fingerprint density at radius 2 is 1.58 bits per heavy atom. The van der Waals surface area contributed by atoms with Crippen LogP contribution in [0.2, 0.25) is 0 Å². The van der Waals surface area contributed by atoms with Crippen LogP contribution in [-0.2, 0) is 33.3 Å². The normalized spacial score (nSPS) is 28.5. The molecule has 4 rings (SSSR count). The van der Waals surface area contributed by atoms with Crippen LogP contribution in [0.4, 0.5) is 0 Å². The number of esters is 1. The molecule has 2 aliphatic rings. The monoisotopic (exact) mass is 514 g/mol. The molecule has 196 valence electrons. The number of benzene rings is 2. The molecule has 2 aromatic carbocycles. The van der Waals surface area contributed by atoms with Crippen LogP contribution in [0.5, 0.6) is 0 Å². The lowest BCUT2D eigenvalue weighted by Gasteiger charge is -2.44. The lowest BCUT2D eigenvalue weighted by atomic mass is 9.64. The van der Waals surface area contributed by atoms with Crippen molar-refractivity contribution >= 4 is 13.6 Å². The molecule has 1 saturated carbocycles. The van der Waals surface area contributed by atoms with Gasteiger partial charge in [-0.1, -0.05) is 87.9 Å². The maximum absolute atomic E-state index is 14.1. The van der Waals surface area contributed by atoms with Crippen LogP contribution in [0.25, 0.3) is 0 Å². The summed E-state index contributed by atoms with van der Waals surface area (Å²) in [6.45, 7) is 10.3. The second kappa shape index (κ2) is 10.8. The van der Waals surface area contributed by atoms with Gasteiger partial charge in [0.1, 0.15) is 12.2 Å². The zero-order valence-corrected chi connectivity index (χ0v) is 22.9. The van der Waals surface area contributed by atoms with E-state index >= 15 is 0 Å². The summed E-state index contributed by atoms with van der Waals surface area (Å²) in [5.41, 5.74) is 1.73.